The molecule has 1 aromatic heterocycles. The Bertz CT molecular complexity index is 653. The summed E-state index contributed by atoms with van der Waals surface area (Å²) in [4.78, 5) is 18.8. The molecule has 0 spiro atoms. The van der Waals surface area contributed by atoms with Gasteiger partial charge < -0.3 is 15.5 Å². The van der Waals surface area contributed by atoms with Crippen LogP contribution in [-0.2, 0) is 0 Å². The maximum Gasteiger partial charge on any atom is 0.256 e. The predicted molar refractivity (Wildman–Crippen MR) is 91.4 cm³/mol. The number of piperazine rings is 1. The highest BCUT2D eigenvalue weighted by molar-refractivity contribution is 9.10. The van der Waals surface area contributed by atoms with Crippen LogP contribution < -0.4 is 15.5 Å². The second-order valence-corrected chi connectivity index (χ2v) is 6.02. The molecule has 0 unspecified atom stereocenters. The third kappa shape index (κ3) is 3.64. The number of carbonyl (C=O) groups excluding carboxylic acids is 1. The Balaban J connectivity index is 1.66. The zero-order valence-electron chi connectivity index (χ0n) is 12.1. The molecule has 0 saturated carbocycles. The summed E-state index contributed by atoms with van der Waals surface area (Å²) in [5.41, 5.74) is 1.68. The fourth-order valence-electron chi connectivity index (χ4n) is 2.39. The van der Waals surface area contributed by atoms with E-state index in [1.54, 1.807) is 12.1 Å². The van der Waals surface area contributed by atoms with Crippen LogP contribution in [-0.4, -0.2) is 37.1 Å². The van der Waals surface area contributed by atoms with Crippen LogP contribution in [0.25, 0.3) is 0 Å². The van der Waals surface area contributed by atoms with Crippen LogP contribution in [0, 0.1) is 0 Å². The second-order valence-electron chi connectivity index (χ2n) is 5.10. The number of hydrogen-bond acceptors (Lipinski definition) is 4. The van der Waals surface area contributed by atoms with Crippen LogP contribution >= 0.6 is 15.9 Å². The summed E-state index contributed by atoms with van der Waals surface area (Å²) in [6.07, 6.45) is 1.81. The molecular weight excluding hydrogens is 344 g/mol. The highest BCUT2D eigenvalue weighted by Crippen LogP contribution is 2.17. The SMILES string of the molecule is O=C(Nc1ccc(N2CCNCC2)cn1)c1cccc(Br)c1. The molecule has 3 rings (SSSR count). The average Bonchev–Trinajstić information content (AvgIpc) is 2.56. The Kier molecular flexibility index (Phi) is 4.70. The Morgan fingerprint density at radius 3 is 2.73 bits per heavy atom. The topological polar surface area (TPSA) is 57.3 Å². The summed E-state index contributed by atoms with van der Waals surface area (Å²) in [6, 6.07) is 11.1. The molecule has 1 amide bonds. The normalized spacial score (nSPS) is 14.7. The Morgan fingerprint density at radius 2 is 2.05 bits per heavy atom. The van der Waals surface area contributed by atoms with E-state index in [0.29, 0.717) is 11.4 Å². The van der Waals surface area contributed by atoms with Crippen molar-refractivity contribution in [2.24, 2.45) is 0 Å². The lowest BCUT2D eigenvalue weighted by Gasteiger charge is -2.29. The highest BCUT2D eigenvalue weighted by atomic mass is 79.9. The standard InChI is InChI=1S/C16H17BrN4O/c17-13-3-1-2-12(10-13)16(22)20-15-5-4-14(11-19-15)21-8-6-18-7-9-21/h1-5,10-11,18H,6-9H2,(H,19,20,22). The quantitative estimate of drug-likeness (QED) is 0.882. The maximum absolute atomic E-state index is 12.2. The van der Waals surface area contributed by atoms with Gasteiger partial charge in [0.15, 0.2) is 0 Å². The van der Waals surface area contributed by atoms with E-state index in [1.165, 1.54) is 0 Å². The monoisotopic (exact) mass is 360 g/mol. The number of nitrogens with one attached hydrogen (secondary N) is 2. The van der Waals surface area contributed by atoms with Crippen molar-refractivity contribution >= 4 is 33.3 Å². The van der Waals surface area contributed by atoms with Gasteiger partial charge in [-0.1, -0.05) is 22.0 Å². The summed E-state index contributed by atoms with van der Waals surface area (Å²) in [5, 5.41) is 6.14. The molecule has 0 aliphatic carbocycles. The number of aromatic nitrogens is 1. The number of anilines is 2. The van der Waals surface area contributed by atoms with Gasteiger partial charge >= 0.3 is 0 Å². The highest BCUT2D eigenvalue weighted by Gasteiger charge is 2.11. The molecule has 0 bridgehead atoms. The number of amides is 1. The number of hydrogen-bond donors (Lipinski definition) is 2. The van der Waals surface area contributed by atoms with Gasteiger partial charge in [-0.25, -0.2) is 4.98 Å². The zero-order chi connectivity index (χ0) is 15.4. The lowest BCUT2D eigenvalue weighted by molar-refractivity contribution is 0.102. The molecule has 6 heteroatoms. The number of rotatable bonds is 3. The van der Waals surface area contributed by atoms with E-state index in [4.69, 9.17) is 0 Å². The molecule has 1 fully saturated rings. The fourth-order valence-corrected chi connectivity index (χ4v) is 2.79. The van der Waals surface area contributed by atoms with Crippen LogP contribution in [0.4, 0.5) is 11.5 Å². The first-order chi connectivity index (χ1) is 10.7. The van der Waals surface area contributed by atoms with Gasteiger partial charge in [-0.2, -0.15) is 0 Å². The van der Waals surface area contributed by atoms with Gasteiger partial charge in [-0.15, -0.1) is 0 Å². The maximum atomic E-state index is 12.2. The number of benzene rings is 1. The summed E-state index contributed by atoms with van der Waals surface area (Å²) in [5.74, 6) is 0.396. The van der Waals surface area contributed by atoms with Crippen molar-refractivity contribution in [2.75, 3.05) is 36.4 Å². The Morgan fingerprint density at radius 1 is 1.23 bits per heavy atom. The van der Waals surface area contributed by atoms with E-state index >= 15 is 0 Å². The molecule has 1 saturated heterocycles. The summed E-state index contributed by atoms with van der Waals surface area (Å²) in [7, 11) is 0. The van der Waals surface area contributed by atoms with E-state index in [9.17, 15) is 4.79 Å². The number of halogens is 1. The molecule has 1 aliphatic rings. The average molecular weight is 361 g/mol. The lowest BCUT2D eigenvalue weighted by atomic mass is 10.2. The van der Waals surface area contributed by atoms with Crippen molar-refractivity contribution in [3.63, 3.8) is 0 Å². The minimum atomic E-state index is -0.163. The molecule has 22 heavy (non-hydrogen) atoms. The molecular formula is C16H17BrN4O. The molecule has 2 N–H and O–H groups in total. The zero-order valence-corrected chi connectivity index (χ0v) is 13.6. The van der Waals surface area contributed by atoms with Crippen LogP contribution in [0.2, 0.25) is 0 Å². The number of nitrogens with zero attached hydrogens (tertiary/aromatic N) is 2. The van der Waals surface area contributed by atoms with E-state index in [2.05, 4.69) is 36.4 Å². The number of pyridine rings is 1. The van der Waals surface area contributed by atoms with Crippen molar-refractivity contribution in [3.05, 3.63) is 52.6 Å². The predicted octanol–water partition coefficient (Wildman–Crippen LogP) is 2.51. The largest absolute Gasteiger partial charge is 0.368 e. The van der Waals surface area contributed by atoms with Crippen molar-refractivity contribution in [2.45, 2.75) is 0 Å². The van der Waals surface area contributed by atoms with Crippen molar-refractivity contribution < 1.29 is 4.79 Å². The van der Waals surface area contributed by atoms with E-state index in [-0.39, 0.29) is 5.91 Å². The molecule has 0 radical (unpaired) electrons. The molecule has 114 valence electrons. The number of carbonyl (C=O) groups is 1. The third-order valence-electron chi connectivity index (χ3n) is 3.56. The van der Waals surface area contributed by atoms with E-state index in [0.717, 1.165) is 36.3 Å². The summed E-state index contributed by atoms with van der Waals surface area (Å²) >= 11 is 3.36. The summed E-state index contributed by atoms with van der Waals surface area (Å²) < 4.78 is 0.877. The summed E-state index contributed by atoms with van der Waals surface area (Å²) in [6.45, 7) is 3.93. The fraction of sp³-hybridized carbons (Fsp3) is 0.250. The van der Waals surface area contributed by atoms with Gasteiger partial charge in [0, 0.05) is 36.2 Å². The van der Waals surface area contributed by atoms with Gasteiger partial charge in [0.2, 0.25) is 0 Å². The van der Waals surface area contributed by atoms with Gasteiger partial charge in [-0.05, 0) is 30.3 Å². The molecule has 5 nitrogen and oxygen atoms in total. The molecule has 1 aromatic carbocycles. The first kappa shape index (κ1) is 15.0. The first-order valence-electron chi connectivity index (χ1n) is 7.21. The molecule has 2 aromatic rings. The van der Waals surface area contributed by atoms with Crippen molar-refractivity contribution in [1.82, 2.24) is 10.3 Å². The van der Waals surface area contributed by atoms with Crippen LogP contribution in [0.5, 0.6) is 0 Å². The smallest absolute Gasteiger partial charge is 0.256 e. The van der Waals surface area contributed by atoms with Crippen LogP contribution in [0.15, 0.2) is 47.1 Å². The minimum Gasteiger partial charge on any atom is -0.368 e. The lowest BCUT2D eigenvalue weighted by Crippen LogP contribution is -2.43. The molecule has 2 heterocycles. The van der Waals surface area contributed by atoms with E-state index < -0.39 is 0 Å². The second kappa shape index (κ2) is 6.89. The van der Waals surface area contributed by atoms with Gasteiger partial charge in [0.05, 0.1) is 11.9 Å². The van der Waals surface area contributed by atoms with E-state index in [1.807, 2.05) is 30.5 Å². The van der Waals surface area contributed by atoms with Crippen molar-refractivity contribution in [3.8, 4) is 0 Å². The van der Waals surface area contributed by atoms with Crippen LogP contribution in [0.3, 0.4) is 0 Å². The van der Waals surface area contributed by atoms with Gasteiger partial charge in [0.25, 0.3) is 5.91 Å². The first-order valence-corrected chi connectivity index (χ1v) is 8.00. The third-order valence-corrected chi connectivity index (χ3v) is 4.05. The van der Waals surface area contributed by atoms with Crippen molar-refractivity contribution in [1.29, 1.82) is 0 Å². The molecule has 0 atom stereocenters. The Hall–Kier alpha value is -1.92. The Labute approximate surface area is 137 Å². The van der Waals surface area contributed by atoms with Crippen LogP contribution in [0.1, 0.15) is 10.4 Å². The minimum absolute atomic E-state index is 0.163. The molecule has 1 aliphatic heterocycles. The van der Waals surface area contributed by atoms with Gasteiger partial charge in [0.1, 0.15) is 5.82 Å². The van der Waals surface area contributed by atoms with Gasteiger partial charge in [-0.3, -0.25) is 4.79 Å².